The number of hydrogen-bond donors (Lipinski definition) is 1. The minimum atomic E-state index is -0.195. The Kier molecular flexibility index (Phi) is 4.52. The number of carbonyl (C=O) groups excluding carboxylic acids is 1. The molecule has 21 heavy (non-hydrogen) atoms. The fourth-order valence-corrected chi connectivity index (χ4v) is 1.88. The van der Waals surface area contributed by atoms with E-state index in [2.05, 4.69) is 16.4 Å². The van der Waals surface area contributed by atoms with Crippen LogP contribution in [0.1, 0.15) is 23.0 Å². The van der Waals surface area contributed by atoms with Crippen molar-refractivity contribution in [2.45, 2.75) is 6.92 Å². The Morgan fingerprint density at radius 2 is 2.00 bits per heavy atom. The van der Waals surface area contributed by atoms with Crippen molar-refractivity contribution in [2.24, 2.45) is 0 Å². The van der Waals surface area contributed by atoms with Crippen molar-refractivity contribution in [1.29, 1.82) is 5.26 Å². The summed E-state index contributed by atoms with van der Waals surface area (Å²) in [5.41, 5.74) is 1.65. The number of benzene rings is 1. The van der Waals surface area contributed by atoms with Gasteiger partial charge < -0.3 is 10.2 Å². The third kappa shape index (κ3) is 3.37. The van der Waals surface area contributed by atoms with Crippen molar-refractivity contribution in [3.63, 3.8) is 0 Å². The van der Waals surface area contributed by atoms with Crippen molar-refractivity contribution < 1.29 is 4.79 Å². The third-order valence-electron chi connectivity index (χ3n) is 3.01. The lowest BCUT2D eigenvalue weighted by molar-refractivity contribution is 0.0988. The molecule has 0 unspecified atom stereocenters. The first kappa shape index (κ1) is 14.5. The lowest BCUT2D eigenvalue weighted by Crippen LogP contribution is -2.27. The fraction of sp³-hybridized carbons (Fsp3) is 0.188. The number of nitrogens with one attached hydrogen (secondary N) is 1. The predicted molar refractivity (Wildman–Crippen MR) is 82.3 cm³/mol. The zero-order valence-electron chi connectivity index (χ0n) is 12.0. The lowest BCUT2D eigenvalue weighted by atomic mass is 10.2. The third-order valence-corrected chi connectivity index (χ3v) is 3.01. The Bertz CT molecular complexity index is 673. The quantitative estimate of drug-likeness (QED) is 0.934. The van der Waals surface area contributed by atoms with Gasteiger partial charge in [-0.1, -0.05) is 6.07 Å². The summed E-state index contributed by atoms with van der Waals surface area (Å²) in [4.78, 5) is 18.2. The molecule has 0 atom stereocenters. The Balaban J connectivity index is 2.22. The van der Waals surface area contributed by atoms with Gasteiger partial charge in [0.1, 0.15) is 11.5 Å². The molecule has 106 valence electrons. The molecular formula is C16H16N4O. The number of nitriles is 1. The zero-order chi connectivity index (χ0) is 15.2. The van der Waals surface area contributed by atoms with E-state index in [1.807, 2.05) is 13.0 Å². The maximum Gasteiger partial charge on any atom is 0.276 e. The maximum absolute atomic E-state index is 12.4. The molecule has 2 aromatic rings. The van der Waals surface area contributed by atoms with Crippen LogP contribution in [0.4, 0.5) is 11.5 Å². The summed E-state index contributed by atoms with van der Waals surface area (Å²) in [6.45, 7) is 2.72. The Labute approximate surface area is 123 Å². The molecule has 0 spiro atoms. The molecule has 0 bridgehead atoms. The van der Waals surface area contributed by atoms with Gasteiger partial charge in [-0.3, -0.25) is 4.79 Å². The largest absolute Gasteiger partial charge is 0.370 e. The van der Waals surface area contributed by atoms with Gasteiger partial charge in [0.05, 0.1) is 11.6 Å². The molecule has 1 aromatic carbocycles. The average molecular weight is 280 g/mol. The van der Waals surface area contributed by atoms with Gasteiger partial charge in [0.25, 0.3) is 5.91 Å². The molecule has 0 aliphatic rings. The normalized spacial score (nSPS) is 9.76. The van der Waals surface area contributed by atoms with Crippen LogP contribution in [0.3, 0.4) is 0 Å². The molecule has 1 aromatic heterocycles. The van der Waals surface area contributed by atoms with Gasteiger partial charge in [0.2, 0.25) is 0 Å². The number of anilines is 2. The zero-order valence-corrected chi connectivity index (χ0v) is 12.0. The van der Waals surface area contributed by atoms with Crippen molar-refractivity contribution in [1.82, 2.24) is 4.98 Å². The van der Waals surface area contributed by atoms with Crippen LogP contribution in [0.25, 0.3) is 0 Å². The Hall–Kier alpha value is -2.87. The second kappa shape index (κ2) is 6.53. The highest BCUT2D eigenvalue weighted by molar-refractivity contribution is 6.04. The number of rotatable bonds is 4. The number of carbonyl (C=O) groups is 1. The van der Waals surface area contributed by atoms with Crippen LogP contribution in [0, 0.1) is 11.3 Å². The van der Waals surface area contributed by atoms with E-state index in [-0.39, 0.29) is 5.91 Å². The summed E-state index contributed by atoms with van der Waals surface area (Å²) in [7, 11) is 1.69. The molecular weight excluding hydrogens is 264 g/mol. The molecule has 5 nitrogen and oxygen atoms in total. The van der Waals surface area contributed by atoms with Crippen LogP contribution in [0.2, 0.25) is 0 Å². The molecule has 1 heterocycles. The van der Waals surface area contributed by atoms with Gasteiger partial charge in [0.15, 0.2) is 0 Å². The number of amides is 1. The standard InChI is InChI=1S/C16H16N4O/c1-3-18-15-6-4-5-14(19-15)16(21)20(2)13-9-7-12(11-17)8-10-13/h4-10H,3H2,1-2H3,(H,18,19). The SMILES string of the molecule is CCNc1cccc(C(=O)N(C)c2ccc(C#N)cc2)n1. The van der Waals surface area contributed by atoms with Gasteiger partial charge in [-0.05, 0) is 43.3 Å². The first-order valence-electron chi connectivity index (χ1n) is 6.65. The van der Waals surface area contributed by atoms with E-state index in [4.69, 9.17) is 5.26 Å². The van der Waals surface area contributed by atoms with E-state index in [1.165, 1.54) is 4.90 Å². The monoisotopic (exact) mass is 280 g/mol. The number of nitrogens with zero attached hydrogens (tertiary/aromatic N) is 3. The van der Waals surface area contributed by atoms with Gasteiger partial charge in [-0.15, -0.1) is 0 Å². The minimum absolute atomic E-state index is 0.195. The van der Waals surface area contributed by atoms with Gasteiger partial charge in [-0.2, -0.15) is 5.26 Å². The summed E-state index contributed by atoms with van der Waals surface area (Å²) in [6, 6.07) is 14.2. The molecule has 0 saturated heterocycles. The second-order valence-electron chi connectivity index (χ2n) is 4.46. The fourth-order valence-electron chi connectivity index (χ4n) is 1.88. The first-order valence-corrected chi connectivity index (χ1v) is 6.65. The highest BCUT2D eigenvalue weighted by Gasteiger charge is 2.15. The Morgan fingerprint density at radius 3 is 2.62 bits per heavy atom. The van der Waals surface area contributed by atoms with E-state index in [1.54, 1.807) is 43.4 Å². The number of aromatic nitrogens is 1. The predicted octanol–water partition coefficient (Wildman–Crippen LogP) is 2.66. The van der Waals surface area contributed by atoms with Crippen molar-refractivity contribution >= 4 is 17.4 Å². The minimum Gasteiger partial charge on any atom is -0.370 e. The van der Waals surface area contributed by atoms with Gasteiger partial charge in [-0.25, -0.2) is 4.98 Å². The van der Waals surface area contributed by atoms with Crippen LogP contribution in [0.5, 0.6) is 0 Å². The molecule has 2 rings (SSSR count). The van der Waals surface area contributed by atoms with E-state index in [0.29, 0.717) is 17.1 Å². The van der Waals surface area contributed by atoms with Crippen molar-refractivity contribution in [3.05, 3.63) is 53.7 Å². The van der Waals surface area contributed by atoms with Crippen LogP contribution in [0.15, 0.2) is 42.5 Å². The van der Waals surface area contributed by atoms with E-state index >= 15 is 0 Å². The van der Waals surface area contributed by atoms with Crippen LogP contribution in [-0.4, -0.2) is 24.5 Å². The highest BCUT2D eigenvalue weighted by atomic mass is 16.2. The molecule has 0 saturated carbocycles. The molecule has 0 aliphatic heterocycles. The molecule has 1 amide bonds. The smallest absolute Gasteiger partial charge is 0.276 e. The molecule has 0 fully saturated rings. The topological polar surface area (TPSA) is 69.0 Å². The number of pyridine rings is 1. The van der Waals surface area contributed by atoms with Crippen LogP contribution < -0.4 is 10.2 Å². The summed E-state index contributed by atoms with van der Waals surface area (Å²) in [5.74, 6) is 0.482. The maximum atomic E-state index is 12.4. The van der Waals surface area contributed by atoms with E-state index in [0.717, 1.165) is 12.2 Å². The summed E-state index contributed by atoms with van der Waals surface area (Å²) < 4.78 is 0. The highest BCUT2D eigenvalue weighted by Crippen LogP contribution is 2.16. The lowest BCUT2D eigenvalue weighted by Gasteiger charge is -2.17. The molecule has 5 heteroatoms. The van der Waals surface area contributed by atoms with Gasteiger partial charge >= 0.3 is 0 Å². The molecule has 1 N–H and O–H groups in total. The summed E-state index contributed by atoms with van der Waals surface area (Å²) in [6.07, 6.45) is 0. The van der Waals surface area contributed by atoms with Crippen molar-refractivity contribution in [2.75, 3.05) is 23.8 Å². The summed E-state index contributed by atoms with van der Waals surface area (Å²) >= 11 is 0. The van der Waals surface area contributed by atoms with Crippen LogP contribution in [-0.2, 0) is 0 Å². The second-order valence-corrected chi connectivity index (χ2v) is 4.46. The molecule has 0 radical (unpaired) electrons. The summed E-state index contributed by atoms with van der Waals surface area (Å²) in [5, 5.41) is 11.9. The average Bonchev–Trinajstić information content (AvgIpc) is 2.54. The van der Waals surface area contributed by atoms with Crippen LogP contribution >= 0.6 is 0 Å². The molecule has 0 aliphatic carbocycles. The van der Waals surface area contributed by atoms with E-state index in [9.17, 15) is 4.79 Å². The first-order chi connectivity index (χ1) is 10.2. The Morgan fingerprint density at radius 1 is 1.29 bits per heavy atom. The van der Waals surface area contributed by atoms with Crippen molar-refractivity contribution in [3.8, 4) is 6.07 Å². The van der Waals surface area contributed by atoms with E-state index < -0.39 is 0 Å². The number of hydrogen-bond acceptors (Lipinski definition) is 4. The van der Waals surface area contributed by atoms with Gasteiger partial charge in [0, 0.05) is 19.3 Å².